The molecule has 0 aliphatic carbocycles. The molecule has 2 aromatic carbocycles. The zero-order chi connectivity index (χ0) is 16.4. The van der Waals surface area contributed by atoms with Gasteiger partial charge in [0.1, 0.15) is 5.82 Å². The molecule has 1 heterocycles. The maximum Gasteiger partial charge on any atom is 0.324 e. The van der Waals surface area contributed by atoms with Gasteiger partial charge < -0.3 is 4.90 Å². The minimum absolute atomic E-state index is 0.00613. The van der Waals surface area contributed by atoms with E-state index in [4.69, 9.17) is 0 Å². The molecule has 0 radical (unpaired) electrons. The average molecular weight is 312 g/mol. The van der Waals surface area contributed by atoms with Gasteiger partial charge in [-0.15, -0.1) is 0 Å². The molecule has 1 aliphatic rings. The first-order valence-electron chi connectivity index (χ1n) is 7.95. The highest BCUT2D eigenvalue weighted by atomic mass is 19.1. The molecule has 0 bridgehead atoms. The van der Waals surface area contributed by atoms with Crippen LogP contribution in [0.25, 0.3) is 0 Å². The molecule has 120 valence electrons. The van der Waals surface area contributed by atoms with E-state index in [-0.39, 0.29) is 11.8 Å². The highest BCUT2D eigenvalue weighted by Gasteiger charge is 2.29. The van der Waals surface area contributed by atoms with Crippen LogP contribution in [0.15, 0.2) is 48.5 Å². The summed E-state index contributed by atoms with van der Waals surface area (Å²) in [6.07, 6.45) is 0. The first-order chi connectivity index (χ1) is 11.0. The summed E-state index contributed by atoms with van der Waals surface area (Å²) in [5, 5.41) is 0. The Labute approximate surface area is 136 Å². The van der Waals surface area contributed by atoms with Crippen molar-refractivity contribution < 1.29 is 9.18 Å². The van der Waals surface area contributed by atoms with Crippen molar-refractivity contribution in [3.05, 3.63) is 65.5 Å². The Morgan fingerprint density at radius 3 is 2.26 bits per heavy atom. The predicted molar refractivity (Wildman–Crippen MR) is 90.1 cm³/mol. The molecule has 1 fully saturated rings. The lowest BCUT2D eigenvalue weighted by molar-refractivity contribution is 0.219. The van der Waals surface area contributed by atoms with Crippen molar-refractivity contribution in [3.63, 3.8) is 0 Å². The number of benzene rings is 2. The van der Waals surface area contributed by atoms with Crippen molar-refractivity contribution in [2.45, 2.75) is 26.3 Å². The quantitative estimate of drug-likeness (QED) is 0.821. The van der Waals surface area contributed by atoms with E-state index in [1.165, 1.54) is 17.7 Å². The number of halogens is 1. The van der Waals surface area contributed by atoms with Gasteiger partial charge in [-0.2, -0.15) is 0 Å². The Kier molecular flexibility index (Phi) is 4.33. The smallest absolute Gasteiger partial charge is 0.318 e. The maximum absolute atomic E-state index is 13.0. The molecule has 3 rings (SSSR count). The van der Waals surface area contributed by atoms with E-state index in [0.29, 0.717) is 25.6 Å². The number of carbonyl (C=O) groups excluding carboxylic acids is 1. The number of hydrogen-bond donors (Lipinski definition) is 0. The van der Waals surface area contributed by atoms with Gasteiger partial charge in [0.05, 0.1) is 0 Å². The highest BCUT2D eigenvalue weighted by Crippen LogP contribution is 2.24. The summed E-state index contributed by atoms with van der Waals surface area (Å²) in [5.74, 6) is 0.224. The van der Waals surface area contributed by atoms with Crippen molar-refractivity contribution in [3.8, 4) is 0 Å². The van der Waals surface area contributed by atoms with Crippen molar-refractivity contribution in [1.29, 1.82) is 0 Å². The van der Waals surface area contributed by atoms with Crippen LogP contribution in [0.3, 0.4) is 0 Å². The first kappa shape index (κ1) is 15.5. The molecule has 3 nitrogen and oxygen atoms in total. The molecule has 0 unspecified atom stereocenters. The SMILES string of the molecule is CC(C)c1ccc(N2CCN(Cc3ccc(F)cc3)C2=O)cc1. The Balaban J connectivity index is 1.69. The molecular formula is C19H21FN2O. The second-order valence-electron chi connectivity index (χ2n) is 6.23. The van der Waals surface area contributed by atoms with E-state index < -0.39 is 0 Å². The number of urea groups is 1. The van der Waals surface area contributed by atoms with Crippen LogP contribution >= 0.6 is 0 Å². The number of nitrogens with zero attached hydrogens (tertiary/aromatic N) is 2. The lowest BCUT2D eigenvalue weighted by Gasteiger charge is -2.19. The Bertz CT molecular complexity index is 680. The number of amides is 2. The van der Waals surface area contributed by atoms with Crippen LogP contribution in [0.4, 0.5) is 14.9 Å². The summed E-state index contributed by atoms with van der Waals surface area (Å²) in [6, 6.07) is 14.5. The van der Waals surface area contributed by atoms with Gasteiger partial charge in [0, 0.05) is 25.3 Å². The summed E-state index contributed by atoms with van der Waals surface area (Å²) in [6.45, 7) is 6.18. The van der Waals surface area contributed by atoms with Crippen LogP contribution in [0.1, 0.15) is 30.9 Å². The largest absolute Gasteiger partial charge is 0.324 e. The van der Waals surface area contributed by atoms with Crippen molar-refractivity contribution >= 4 is 11.7 Å². The van der Waals surface area contributed by atoms with Crippen LogP contribution in [0.2, 0.25) is 0 Å². The van der Waals surface area contributed by atoms with E-state index in [1.54, 1.807) is 21.9 Å². The molecule has 4 heteroatoms. The number of carbonyl (C=O) groups is 1. The molecule has 2 aromatic rings. The van der Waals surface area contributed by atoms with Crippen LogP contribution in [0.5, 0.6) is 0 Å². The topological polar surface area (TPSA) is 23.6 Å². The number of anilines is 1. The summed E-state index contributed by atoms with van der Waals surface area (Å²) in [5.41, 5.74) is 3.14. The summed E-state index contributed by atoms with van der Waals surface area (Å²) < 4.78 is 13.0. The van der Waals surface area contributed by atoms with Crippen LogP contribution < -0.4 is 4.90 Å². The molecule has 1 aliphatic heterocycles. The molecule has 0 aromatic heterocycles. The maximum atomic E-state index is 13.0. The molecule has 0 saturated carbocycles. The van der Waals surface area contributed by atoms with E-state index >= 15 is 0 Å². The van der Waals surface area contributed by atoms with Gasteiger partial charge in [-0.25, -0.2) is 9.18 Å². The lowest BCUT2D eigenvalue weighted by atomic mass is 10.0. The third kappa shape index (κ3) is 3.36. The molecular weight excluding hydrogens is 291 g/mol. The van der Waals surface area contributed by atoms with Gasteiger partial charge in [-0.1, -0.05) is 38.1 Å². The van der Waals surface area contributed by atoms with Gasteiger partial charge in [0.15, 0.2) is 0 Å². The third-order valence-electron chi connectivity index (χ3n) is 4.25. The standard InChI is InChI=1S/C19H21FN2O/c1-14(2)16-5-9-18(10-6-16)22-12-11-21(19(22)23)13-15-3-7-17(20)8-4-15/h3-10,14H,11-13H2,1-2H3. The number of hydrogen-bond acceptors (Lipinski definition) is 1. The van der Waals surface area contributed by atoms with Crippen molar-refractivity contribution in [2.75, 3.05) is 18.0 Å². The number of rotatable bonds is 4. The van der Waals surface area contributed by atoms with E-state index in [9.17, 15) is 9.18 Å². The zero-order valence-electron chi connectivity index (χ0n) is 13.5. The third-order valence-corrected chi connectivity index (χ3v) is 4.25. The van der Waals surface area contributed by atoms with Crippen LogP contribution in [-0.4, -0.2) is 24.0 Å². The van der Waals surface area contributed by atoms with Crippen LogP contribution in [-0.2, 0) is 6.54 Å². The first-order valence-corrected chi connectivity index (χ1v) is 7.95. The molecule has 0 spiro atoms. The summed E-state index contributed by atoms with van der Waals surface area (Å²) >= 11 is 0. The summed E-state index contributed by atoms with van der Waals surface area (Å²) in [4.78, 5) is 16.2. The second kappa shape index (κ2) is 6.41. The second-order valence-corrected chi connectivity index (χ2v) is 6.23. The van der Waals surface area contributed by atoms with Gasteiger partial charge in [0.25, 0.3) is 0 Å². The van der Waals surface area contributed by atoms with Crippen molar-refractivity contribution in [1.82, 2.24) is 4.90 Å². The molecule has 0 N–H and O–H groups in total. The molecule has 2 amide bonds. The monoisotopic (exact) mass is 312 g/mol. The van der Waals surface area contributed by atoms with Gasteiger partial charge in [-0.3, -0.25) is 4.90 Å². The van der Waals surface area contributed by atoms with E-state index in [2.05, 4.69) is 26.0 Å². The Hall–Kier alpha value is -2.36. The minimum Gasteiger partial charge on any atom is -0.318 e. The van der Waals surface area contributed by atoms with Gasteiger partial charge >= 0.3 is 6.03 Å². The fourth-order valence-corrected chi connectivity index (χ4v) is 2.82. The van der Waals surface area contributed by atoms with E-state index in [0.717, 1.165) is 11.3 Å². The lowest BCUT2D eigenvalue weighted by Crippen LogP contribution is -2.31. The predicted octanol–water partition coefficient (Wildman–Crippen LogP) is 4.39. The fraction of sp³-hybridized carbons (Fsp3) is 0.316. The Morgan fingerprint density at radius 2 is 1.65 bits per heavy atom. The minimum atomic E-state index is -0.256. The Morgan fingerprint density at radius 1 is 1.00 bits per heavy atom. The van der Waals surface area contributed by atoms with Crippen molar-refractivity contribution in [2.24, 2.45) is 0 Å². The average Bonchev–Trinajstić information content (AvgIpc) is 2.90. The molecule has 23 heavy (non-hydrogen) atoms. The summed E-state index contributed by atoms with van der Waals surface area (Å²) in [7, 11) is 0. The molecule has 1 saturated heterocycles. The fourth-order valence-electron chi connectivity index (χ4n) is 2.82. The molecule has 0 atom stereocenters. The van der Waals surface area contributed by atoms with E-state index in [1.807, 2.05) is 12.1 Å². The van der Waals surface area contributed by atoms with Crippen LogP contribution in [0, 0.1) is 5.82 Å². The van der Waals surface area contributed by atoms with Gasteiger partial charge in [-0.05, 0) is 41.3 Å². The van der Waals surface area contributed by atoms with Gasteiger partial charge in [0.2, 0.25) is 0 Å². The highest BCUT2D eigenvalue weighted by molar-refractivity contribution is 5.94. The normalized spacial score (nSPS) is 14.9. The zero-order valence-corrected chi connectivity index (χ0v) is 13.5.